The van der Waals surface area contributed by atoms with E-state index < -0.39 is 12.1 Å². The average molecular weight is 489 g/mol. The van der Waals surface area contributed by atoms with Crippen LogP contribution in [0.25, 0.3) is 0 Å². The molecule has 0 bridgehead atoms. The third-order valence-corrected chi connectivity index (χ3v) is 6.91. The molecule has 6 nitrogen and oxygen atoms in total. The predicted octanol–water partition coefficient (Wildman–Crippen LogP) is 3.32. The molecule has 2 aromatic rings. The topological polar surface area (TPSA) is 92.7 Å². The van der Waals surface area contributed by atoms with Gasteiger partial charge in [0, 0.05) is 36.6 Å². The number of carbonyl (C=O) groups is 2. The quantitative estimate of drug-likeness (QED) is 0.566. The highest BCUT2D eigenvalue weighted by atomic mass is 35.5. The van der Waals surface area contributed by atoms with Crippen LogP contribution in [-0.2, 0) is 16.0 Å². The first-order valence-corrected chi connectivity index (χ1v) is 12.2. The number of rotatable bonds is 9. The summed E-state index contributed by atoms with van der Waals surface area (Å²) in [5.41, 5.74) is 13.9. The standard InChI is InChI=1S/C26H34ClFN4O2/c1-3-4-22-16-31(24(25(30)33)17(2)19-7-9-20(27)10-8-19)13-14-32(22)26(34)23(29)15-18-5-11-21(28)12-6-18/h5-12,17,22-24H,3-4,13-16,29H2,1-2H3,(H2,30,33). The van der Waals surface area contributed by atoms with E-state index in [1.807, 2.05) is 36.1 Å². The molecule has 2 amide bonds. The van der Waals surface area contributed by atoms with Gasteiger partial charge in [0.2, 0.25) is 11.8 Å². The molecule has 4 unspecified atom stereocenters. The van der Waals surface area contributed by atoms with Crippen LogP contribution >= 0.6 is 11.6 Å². The van der Waals surface area contributed by atoms with Crippen molar-refractivity contribution in [3.63, 3.8) is 0 Å². The summed E-state index contributed by atoms with van der Waals surface area (Å²) in [4.78, 5) is 29.7. The van der Waals surface area contributed by atoms with Gasteiger partial charge in [0.15, 0.2) is 0 Å². The van der Waals surface area contributed by atoms with Crippen LogP contribution in [0.15, 0.2) is 48.5 Å². The molecule has 1 aliphatic heterocycles. The molecule has 0 radical (unpaired) electrons. The second-order valence-corrected chi connectivity index (χ2v) is 9.53. The van der Waals surface area contributed by atoms with Crippen molar-refractivity contribution in [2.75, 3.05) is 19.6 Å². The Morgan fingerprint density at radius 3 is 2.35 bits per heavy atom. The number of nitrogens with zero attached hydrogens (tertiary/aromatic N) is 2. The number of nitrogens with two attached hydrogens (primary N) is 2. The Labute approximate surface area is 206 Å². The third kappa shape index (κ3) is 6.34. The first-order valence-electron chi connectivity index (χ1n) is 11.8. The first kappa shape index (κ1) is 26.1. The molecular formula is C26H34ClFN4O2. The Morgan fingerprint density at radius 1 is 1.12 bits per heavy atom. The molecule has 4 atom stereocenters. The van der Waals surface area contributed by atoms with Gasteiger partial charge in [-0.05, 0) is 48.2 Å². The van der Waals surface area contributed by atoms with Crippen LogP contribution in [0.4, 0.5) is 4.39 Å². The van der Waals surface area contributed by atoms with Crippen molar-refractivity contribution in [1.29, 1.82) is 0 Å². The summed E-state index contributed by atoms with van der Waals surface area (Å²) in [7, 11) is 0. The van der Waals surface area contributed by atoms with Crippen LogP contribution in [0.2, 0.25) is 5.02 Å². The Morgan fingerprint density at radius 2 is 1.76 bits per heavy atom. The van der Waals surface area contributed by atoms with E-state index >= 15 is 0 Å². The van der Waals surface area contributed by atoms with Gasteiger partial charge < -0.3 is 16.4 Å². The van der Waals surface area contributed by atoms with E-state index in [-0.39, 0.29) is 29.6 Å². The lowest BCUT2D eigenvalue weighted by atomic mass is 9.90. The number of hydrogen-bond acceptors (Lipinski definition) is 4. The summed E-state index contributed by atoms with van der Waals surface area (Å²) in [6, 6.07) is 12.2. The number of piperazine rings is 1. The Kier molecular flexibility index (Phi) is 9.05. The fourth-order valence-electron chi connectivity index (χ4n) is 4.87. The summed E-state index contributed by atoms with van der Waals surface area (Å²) in [5, 5.41) is 0.638. The predicted molar refractivity (Wildman–Crippen MR) is 133 cm³/mol. The van der Waals surface area contributed by atoms with Crippen molar-refractivity contribution in [1.82, 2.24) is 9.80 Å². The first-order chi connectivity index (χ1) is 16.2. The largest absolute Gasteiger partial charge is 0.368 e. The minimum atomic E-state index is -0.712. The molecule has 0 saturated carbocycles. The van der Waals surface area contributed by atoms with Crippen molar-refractivity contribution < 1.29 is 14.0 Å². The number of halogens is 2. The number of amides is 2. The molecular weight excluding hydrogens is 455 g/mol. The zero-order valence-corrected chi connectivity index (χ0v) is 20.5. The number of primary amides is 1. The monoisotopic (exact) mass is 488 g/mol. The minimum absolute atomic E-state index is 0.0650. The highest BCUT2D eigenvalue weighted by Crippen LogP contribution is 2.27. The minimum Gasteiger partial charge on any atom is -0.368 e. The van der Waals surface area contributed by atoms with Crippen LogP contribution in [0.5, 0.6) is 0 Å². The molecule has 0 aromatic heterocycles. The normalized spacial score (nSPS) is 19.4. The molecule has 1 saturated heterocycles. The van der Waals surface area contributed by atoms with Crippen LogP contribution < -0.4 is 11.5 Å². The van der Waals surface area contributed by atoms with Crippen LogP contribution in [0.3, 0.4) is 0 Å². The van der Waals surface area contributed by atoms with E-state index in [1.165, 1.54) is 12.1 Å². The van der Waals surface area contributed by atoms with Gasteiger partial charge in [-0.15, -0.1) is 0 Å². The van der Waals surface area contributed by atoms with E-state index in [9.17, 15) is 14.0 Å². The van der Waals surface area contributed by atoms with E-state index in [0.29, 0.717) is 31.1 Å². The van der Waals surface area contributed by atoms with Crippen LogP contribution in [-0.4, -0.2) is 59.4 Å². The maximum Gasteiger partial charge on any atom is 0.240 e. The van der Waals surface area contributed by atoms with Crippen molar-refractivity contribution in [2.45, 2.75) is 57.2 Å². The summed E-state index contributed by atoms with van der Waals surface area (Å²) >= 11 is 6.02. The lowest BCUT2D eigenvalue weighted by molar-refractivity contribution is -0.139. The Hall–Kier alpha value is -2.48. The fourth-order valence-corrected chi connectivity index (χ4v) is 4.99. The molecule has 184 valence electrons. The SMILES string of the molecule is CCCC1CN(C(C(N)=O)C(C)c2ccc(Cl)cc2)CCN1C(=O)C(N)Cc1ccc(F)cc1. The molecule has 2 aromatic carbocycles. The molecule has 0 spiro atoms. The maximum atomic E-state index is 13.3. The highest BCUT2D eigenvalue weighted by Gasteiger charge is 2.38. The van der Waals surface area contributed by atoms with Crippen molar-refractivity contribution >= 4 is 23.4 Å². The van der Waals surface area contributed by atoms with E-state index in [1.54, 1.807) is 12.1 Å². The molecule has 8 heteroatoms. The lowest BCUT2D eigenvalue weighted by Gasteiger charge is -2.45. The molecule has 0 aliphatic carbocycles. The summed E-state index contributed by atoms with van der Waals surface area (Å²) in [5.74, 6) is -0.950. The zero-order chi connectivity index (χ0) is 24.8. The molecule has 4 N–H and O–H groups in total. The highest BCUT2D eigenvalue weighted by molar-refractivity contribution is 6.30. The average Bonchev–Trinajstić information content (AvgIpc) is 2.81. The van der Waals surface area contributed by atoms with Crippen molar-refractivity contribution in [3.8, 4) is 0 Å². The summed E-state index contributed by atoms with van der Waals surface area (Å²) in [6.07, 6.45) is 2.03. The molecule has 1 fully saturated rings. The molecule has 1 heterocycles. The Bertz CT molecular complexity index is 970. The molecule has 3 rings (SSSR count). The molecule has 1 aliphatic rings. The van der Waals surface area contributed by atoms with Gasteiger partial charge >= 0.3 is 0 Å². The van der Waals surface area contributed by atoms with Crippen LogP contribution in [0, 0.1) is 5.82 Å². The smallest absolute Gasteiger partial charge is 0.240 e. The van der Waals surface area contributed by atoms with Gasteiger partial charge in [-0.25, -0.2) is 4.39 Å². The zero-order valence-electron chi connectivity index (χ0n) is 19.8. The second-order valence-electron chi connectivity index (χ2n) is 9.09. The summed E-state index contributed by atoms with van der Waals surface area (Å²) in [6.45, 7) is 5.61. The van der Waals surface area contributed by atoms with Gasteiger partial charge in [0.1, 0.15) is 5.82 Å². The fraction of sp³-hybridized carbons (Fsp3) is 0.462. The van der Waals surface area contributed by atoms with Crippen molar-refractivity contribution in [2.24, 2.45) is 11.5 Å². The lowest BCUT2D eigenvalue weighted by Crippen LogP contribution is -2.62. The molecule has 34 heavy (non-hydrogen) atoms. The Balaban J connectivity index is 1.73. The number of hydrogen-bond donors (Lipinski definition) is 2. The van der Waals surface area contributed by atoms with Gasteiger partial charge in [0.05, 0.1) is 12.1 Å². The van der Waals surface area contributed by atoms with E-state index in [2.05, 4.69) is 11.8 Å². The van der Waals surface area contributed by atoms with Gasteiger partial charge in [0.25, 0.3) is 0 Å². The summed E-state index contributed by atoms with van der Waals surface area (Å²) < 4.78 is 13.2. The van der Waals surface area contributed by atoms with Crippen LogP contribution in [0.1, 0.15) is 43.7 Å². The van der Waals surface area contributed by atoms with Gasteiger partial charge in [-0.3, -0.25) is 14.5 Å². The number of benzene rings is 2. The van der Waals surface area contributed by atoms with Crippen molar-refractivity contribution in [3.05, 3.63) is 70.5 Å². The second kappa shape index (κ2) is 11.8. The van der Waals surface area contributed by atoms with Gasteiger partial charge in [-0.2, -0.15) is 0 Å². The van der Waals surface area contributed by atoms with E-state index in [4.69, 9.17) is 23.1 Å². The van der Waals surface area contributed by atoms with E-state index in [0.717, 1.165) is 24.0 Å². The van der Waals surface area contributed by atoms with Gasteiger partial charge in [-0.1, -0.05) is 56.1 Å². The maximum absolute atomic E-state index is 13.3. The number of carbonyl (C=O) groups excluding carboxylic acids is 2. The third-order valence-electron chi connectivity index (χ3n) is 6.66.